The fourth-order valence-corrected chi connectivity index (χ4v) is 1.61. The van der Waals surface area contributed by atoms with Crippen molar-refractivity contribution in [3.63, 3.8) is 0 Å². The molecule has 0 amide bonds. The van der Waals surface area contributed by atoms with Gasteiger partial charge < -0.3 is 15.0 Å². The Morgan fingerprint density at radius 3 is 2.89 bits per heavy atom. The van der Waals surface area contributed by atoms with E-state index in [0.717, 1.165) is 12.0 Å². The number of benzene rings is 1. The Morgan fingerprint density at radius 2 is 2.22 bits per heavy atom. The number of hydrogen-bond donors (Lipinski definition) is 1. The molecule has 1 aromatic carbocycles. The Bertz CT molecular complexity index is 537. The van der Waals surface area contributed by atoms with Gasteiger partial charge in [-0.05, 0) is 18.6 Å². The summed E-state index contributed by atoms with van der Waals surface area (Å²) < 4.78 is 10.5. The second kappa shape index (κ2) is 5.08. The van der Waals surface area contributed by atoms with E-state index >= 15 is 0 Å². The molecule has 5 nitrogen and oxygen atoms in total. The van der Waals surface area contributed by atoms with Gasteiger partial charge in [0.2, 0.25) is 0 Å². The molecule has 2 aromatic rings. The molecule has 5 heteroatoms. The van der Waals surface area contributed by atoms with E-state index in [1.165, 1.54) is 0 Å². The van der Waals surface area contributed by atoms with Crippen LogP contribution in [0.2, 0.25) is 0 Å². The maximum Gasteiger partial charge on any atom is 0.261 e. The van der Waals surface area contributed by atoms with Gasteiger partial charge in [0.15, 0.2) is 5.82 Å². The average Bonchev–Trinajstić information content (AvgIpc) is 2.87. The van der Waals surface area contributed by atoms with Crippen molar-refractivity contribution in [3.05, 3.63) is 24.0 Å². The first-order chi connectivity index (χ1) is 8.65. The van der Waals surface area contributed by atoms with Crippen LogP contribution in [0.5, 0.6) is 5.75 Å². The number of nitrogen functional groups attached to an aromatic ring is 1. The van der Waals surface area contributed by atoms with E-state index < -0.39 is 0 Å². The molecule has 1 unspecified atom stereocenters. The van der Waals surface area contributed by atoms with Crippen LogP contribution in [0.4, 0.5) is 5.69 Å². The van der Waals surface area contributed by atoms with E-state index in [0.29, 0.717) is 23.2 Å². The topological polar surface area (TPSA) is 74.2 Å². The third kappa shape index (κ3) is 2.30. The number of nitrogens with two attached hydrogens (primary N) is 1. The van der Waals surface area contributed by atoms with Crippen LogP contribution >= 0.6 is 0 Å². The van der Waals surface area contributed by atoms with Crippen molar-refractivity contribution in [3.8, 4) is 17.2 Å². The van der Waals surface area contributed by atoms with Gasteiger partial charge in [0.1, 0.15) is 5.75 Å². The molecule has 1 heterocycles. The Kier molecular flexibility index (Phi) is 3.50. The molecule has 2 rings (SSSR count). The first-order valence-electron chi connectivity index (χ1n) is 5.93. The summed E-state index contributed by atoms with van der Waals surface area (Å²) in [5.74, 6) is 2.09. The highest BCUT2D eigenvalue weighted by Gasteiger charge is 2.16. The van der Waals surface area contributed by atoms with Crippen molar-refractivity contribution in [1.82, 2.24) is 10.1 Å². The van der Waals surface area contributed by atoms with E-state index in [1.54, 1.807) is 19.2 Å². The molecule has 2 N–H and O–H groups in total. The zero-order valence-corrected chi connectivity index (χ0v) is 10.8. The highest BCUT2D eigenvalue weighted by Crippen LogP contribution is 2.31. The lowest BCUT2D eigenvalue weighted by molar-refractivity contribution is 0.401. The highest BCUT2D eigenvalue weighted by atomic mass is 16.5. The molecule has 0 saturated heterocycles. The molecular formula is C13H17N3O2. The third-order valence-corrected chi connectivity index (χ3v) is 2.95. The van der Waals surface area contributed by atoms with Crippen LogP contribution in [0, 0.1) is 0 Å². The molecular weight excluding hydrogens is 230 g/mol. The monoisotopic (exact) mass is 247 g/mol. The Labute approximate surface area is 106 Å². The summed E-state index contributed by atoms with van der Waals surface area (Å²) in [6, 6.07) is 5.34. The molecule has 0 fully saturated rings. The second-order valence-electron chi connectivity index (χ2n) is 4.23. The van der Waals surface area contributed by atoms with Crippen molar-refractivity contribution < 1.29 is 9.26 Å². The molecule has 1 atom stereocenters. The fraction of sp³-hybridized carbons (Fsp3) is 0.385. The lowest BCUT2D eigenvalue weighted by atomic mass is 10.1. The van der Waals surface area contributed by atoms with Gasteiger partial charge in [-0.25, -0.2) is 0 Å². The second-order valence-corrected chi connectivity index (χ2v) is 4.23. The van der Waals surface area contributed by atoms with Crippen LogP contribution in [-0.4, -0.2) is 17.3 Å². The number of anilines is 1. The minimum absolute atomic E-state index is 0.280. The van der Waals surface area contributed by atoms with Gasteiger partial charge in [-0.3, -0.25) is 0 Å². The Morgan fingerprint density at radius 1 is 1.44 bits per heavy atom. The zero-order chi connectivity index (χ0) is 13.1. The van der Waals surface area contributed by atoms with Gasteiger partial charge in [-0.15, -0.1) is 0 Å². The Balaban J connectivity index is 2.39. The number of rotatable bonds is 4. The molecule has 0 radical (unpaired) electrons. The van der Waals surface area contributed by atoms with Crippen molar-refractivity contribution in [1.29, 1.82) is 0 Å². The summed E-state index contributed by atoms with van der Waals surface area (Å²) in [5, 5.41) is 3.99. The number of hydrogen-bond acceptors (Lipinski definition) is 5. The van der Waals surface area contributed by atoms with Crippen molar-refractivity contribution in [2.45, 2.75) is 26.2 Å². The van der Waals surface area contributed by atoms with E-state index in [4.69, 9.17) is 15.0 Å². The standard InChI is InChI=1S/C13H17N3O2/c1-4-8(2)12-15-13(18-16-12)10-6-5-9(14)7-11(10)17-3/h5-8H,4,14H2,1-3H3. The van der Waals surface area contributed by atoms with Crippen molar-refractivity contribution >= 4 is 5.69 Å². The van der Waals surface area contributed by atoms with Crippen LogP contribution in [0.1, 0.15) is 32.0 Å². The van der Waals surface area contributed by atoms with Gasteiger partial charge in [0.05, 0.1) is 12.7 Å². The Hall–Kier alpha value is -2.04. The van der Waals surface area contributed by atoms with E-state index in [1.807, 2.05) is 6.07 Å². The maximum atomic E-state index is 5.71. The average molecular weight is 247 g/mol. The lowest BCUT2D eigenvalue weighted by Gasteiger charge is -2.05. The van der Waals surface area contributed by atoms with Crippen LogP contribution in [-0.2, 0) is 0 Å². The molecule has 0 aliphatic rings. The van der Waals surface area contributed by atoms with Crippen molar-refractivity contribution in [2.24, 2.45) is 0 Å². The van der Waals surface area contributed by atoms with Crippen LogP contribution < -0.4 is 10.5 Å². The van der Waals surface area contributed by atoms with Gasteiger partial charge in [-0.2, -0.15) is 4.98 Å². The number of nitrogens with zero attached hydrogens (tertiary/aromatic N) is 2. The SMILES string of the molecule is CCC(C)c1noc(-c2ccc(N)cc2OC)n1. The summed E-state index contributed by atoms with van der Waals surface area (Å²) in [5.41, 5.74) is 7.10. The number of ether oxygens (including phenoxy) is 1. The summed E-state index contributed by atoms with van der Waals surface area (Å²) in [6.45, 7) is 4.15. The molecule has 0 aliphatic heterocycles. The van der Waals surface area contributed by atoms with Crippen LogP contribution in [0.25, 0.3) is 11.5 Å². The van der Waals surface area contributed by atoms with Crippen LogP contribution in [0.15, 0.2) is 22.7 Å². The predicted octanol–water partition coefficient (Wildman–Crippen LogP) is 2.84. The minimum atomic E-state index is 0.280. The molecule has 0 aliphatic carbocycles. The number of aromatic nitrogens is 2. The fourth-order valence-electron chi connectivity index (χ4n) is 1.61. The summed E-state index contributed by atoms with van der Waals surface area (Å²) in [6.07, 6.45) is 0.970. The van der Waals surface area contributed by atoms with Gasteiger partial charge in [0, 0.05) is 17.7 Å². The highest BCUT2D eigenvalue weighted by molar-refractivity contribution is 5.66. The normalized spacial score (nSPS) is 12.4. The maximum absolute atomic E-state index is 5.71. The zero-order valence-electron chi connectivity index (χ0n) is 10.8. The van der Waals surface area contributed by atoms with Gasteiger partial charge in [-0.1, -0.05) is 19.0 Å². The van der Waals surface area contributed by atoms with E-state index in [9.17, 15) is 0 Å². The minimum Gasteiger partial charge on any atom is -0.496 e. The summed E-state index contributed by atoms with van der Waals surface area (Å²) in [7, 11) is 1.59. The third-order valence-electron chi connectivity index (χ3n) is 2.95. The number of methoxy groups -OCH3 is 1. The van der Waals surface area contributed by atoms with E-state index in [-0.39, 0.29) is 5.92 Å². The van der Waals surface area contributed by atoms with Crippen molar-refractivity contribution in [2.75, 3.05) is 12.8 Å². The largest absolute Gasteiger partial charge is 0.496 e. The lowest BCUT2D eigenvalue weighted by Crippen LogP contribution is -1.94. The van der Waals surface area contributed by atoms with Gasteiger partial charge in [0.25, 0.3) is 5.89 Å². The van der Waals surface area contributed by atoms with E-state index in [2.05, 4.69) is 24.0 Å². The first-order valence-corrected chi connectivity index (χ1v) is 5.93. The summed E-state index contributed by atoms with van der Waals surface area (Å²) >= 11 is 0. The van der Waals surface area contributed by atoms with Crippen LogP contribution in [0.3, 0.4) is 0 Å². The molecule has 18 heavy (non-hydrogen) atoms. The quantitative estimate of drug-likeness (QED) is 0.841. The molecule has 96 valence electrons. The first kappa shape index (κ1) is 12.4. The molecule has 1 aromatic heterocycles. The molecule has 0 saturated carbocycles. The summed E-state index contributed by atoms with van der Waals surface area (Å²) in [4.78, 5) is 4.39. The van der Waals surface area contributed by atoms with Gasteiger partial charge >= 0.3 is 0 Å². The molecule has 0 spiro atoms. The molecule has 0 bridgehead atoms. The smallest absolute Gasteiger partial charge is 0.261 e. The predicted molar refractivity (Wildman–Crippen MR) is 69.4 cm³/mol.